The number of hydrogen-bond donors (Lipinski definition) is 1. The van der Waals surface area contributed by atoms with Gasteiger partial charge in [-0.3, -0.25) is 4.79 Å². The highest BCUT2D eigenvalue weighted by atomic mass is 16.6. The molecule has 0 spiro atoms. The second-order valence-corrected chi connectivity index (χ2v) is 5.92. The summed E-state index contributed by atoms with van der Waals surface area (Å²) < 4.78 is 20.8. The molecule has 9 nitrogen and oxygen atoms in total. The number of carbonyl (C=O) groups excluding carboxylic acids is 2. The molecule has 0 saturated carbocycles. The van der Waals surface area contributed by atoms with Gasteiger partial charge < -0.3 is 24.1 Å². The first kappa shape index (κ1) is 19.9. The molecule has 0 fully saturated rings. The van der Waals surface area contributed by atoms with Gasteiger partial charge in [0.2, 0.25) is 11.7 Å². The molecule has 0 aliphatic carbocycles. The predicted octanol–water partition coefficient (Wildman–Crippen LogP) is 3.07. The first-order valence-electron chi connectivity index (χ1n) is 8.60. The Labute approximate surface area is 166 Å². The summed E-state index contributed by atoms with van der Waals surface area (Å²) in [5.41, 5.74) is 1.58. The minimum Gasteiger partial charge on any atom is -0.493 e. The first-order valence-corrected chi connectivity index (χ1v) is 8.60. The van der Waals surface area contributed by atoms with Crippen LogP contribution in [0.2, 0.25) is 0 Å². The molecular weight excluding hydrogens is 378 g/mol. The number of ether oxygens (including phenoxy) is 3. The summed E-state index contributed by atoms with van der Waals surface area (Å²) in [6, 6.07) is 11.5. The van der Waals surface area contributed by atoms with Crippen LogP contribution in [-0.2, 0) is 16.1 Å². The van der Waals surface area contributed by atoms with Crippen LogP contribution in [0.1, 0.15) is 23.2 Å². The number of nitrogens with zero attached hydrogens (tertiary/aromatic N) is 2. The highest BCUT2D eigenvalue weighted by Gasteiger charge is 2.14. The molecule has 2 aromatic carbocycles. The quantitative estimate of drug-likeness (QED) is 0.605. The minimum atomic E-state index is -0.551. The van der Waals surface area contributed by atoms with E-state index in [2.05, 4.69) is 15.5 Å². The Hall–Kier alpha value is -3.88. The fourth-order valence-electron chi connectivity index (χ4n) is 2.51. The minimum absolute atomic E-state index is 0.151. The van der Waals surface area contributed by atoms with Gasteiger partial charge in [-0.2, -0.15) is 4.98 Å². The van der Waals surface area contributed by atoms with E-state index in [0.29, 0.717) is 34.1 Å². The van der Waals surface area contributed by atoms with Crippen LogP contribution in [-0.4, -0.2) is 36.2 Å². The van der Waals surface area contributed by atoms with Crippen molar-refractivity contribution in [2.45, 2.75) is 13.5 Å². The Kier molecular flexibility index (Phi) is 6.08. The van der Waals surface area contributed by atoms with E-state index in [1.165, 1.54) is 14.0 Å². The number of esters is 1. The number of nitrogens with one attached hydrogen (secondary N) is 1. The standard InChI is InChI=1S/C20H19N3O6/c1-12(24)21-15-7-4-13(5-8-15)20(25)28-11-18-22-19(23-29-18)14-6-9-16(26-2)17(10-14)27-3/h4-10H,11H2,1-3H3,(H,21,24). The average molecular weight is 397 g/mol. The number of methoxy groups -OCH3 is 2. The van der Waals surface area contributed by atoms with Crippen molar-refractivity contribution < 1.29 is 28.3 Å². The molecule has 1 aromatic heterocycles. The van der Waals surface area contributed by atoms with Crippen LogP contribution in [0.3, 0.4) is 0 Å². The lowest BCUT2D eigenvalue weighted by Gasteiger charge is -2.07. The molecule has 0 atom stereocenters. The normalized spacial score (nSPS) is 10.3. The molecule has 0 unspecified atom stereocenters. The molecule has 9 heteroatoms. The summed E-state index contributed by atoms with van der Waals surface area (Å²) in [5, 5.41) is 6.51. The van der Waals surface area contributed by atoms with Gasteiger partial charge in [0.1, 0.15) is 0 Å². The van der Waals surface area contributed by atoms with Crippen LogP contribution in [0.4, 0.5) is 5.69 Å². The van der Waals surface area contributed by atoms with E-state index >= 15 is 0 Å². The summed E-state index contributed by atoms with van der Waals surface area (Å²) in [5.74, 6) is 0.853. The van der Waals surface area contributed by atoms with E-state index in [1.807, 2.05) is 0 Å². The van der Waals surface area contributed by atoms with Crippen molar-refractivity contribution in [2.24, 2.45) is 0 Å². The maximum absolute atomic E-state index is 12.2. The Balaban J connectivity index is 1.63. The molecule has 0 saturated heterocycles. The Morgan fingerprint density at radius 1 is 1.03 bits per heavy atom. The second-order valence-electron chi connectivity index (χ2n) is 5.92. The number of carbonyl (C=O) groups is 2. The number of amides is 1. The third-order valence-electron chi connectivity index (χ3n) is 3.88. The SMILES string of the molecule is COc1ccc(-c2noc(COC(=O)c3ccc(NC(C)=O)cc3)n2)cc1OC. The van der Waals surface area contributed by atoms with E-state index in [4.69, 9.17) is 18.7 Å². The van der Waals surface area contributed by atoms with Gasteiger partial charge in [-0.1, -0.05) is 5.16 Å². The number of benzene rings is 2. The molecule has 0 aliphatic rings. The van der Waals surface area contributed by atoms with E-state index in [9.17, 15) is 9.59 Å². The molecule has 1 heterocycles. The zero-order valence-electron chi connectivity index (χ0n) is 16.1. The summed E-state index contributed by atoms with van der Waals surface area (Å²) >= 11 is 0. The maximum atomic E-state index is 12.2. The lowest BCUT2D eigenvalue weighted by atomic mass is 10.2. The molecule has 0 aliphatic heterocycles. The summed E-state index contributed by atoms with van der Waals surface area (Å²) in [6.45, 7) is 1.23. The molecule has 150 valence electrons. The van der Waals surface area contributed by atoms with E-state index < -0.39 is 5.97 Å². The molecule has 0 bridgehead atoms. The summed E-state index contributed by atoms with van der Waals surface area (Å²) in [7, 11) is 3.08. The molecule has 0 radical (unpaired) electrons. The zero-order valence-corrected chi connectivity index (χ0v) is 16.1. The average Bonchev–Trinajstić information content (AvgIpc) is 3.20. The van der Waals surface area contributed by atoms with Gasteiger partial charge in [0.05, 0.1) is 19.8 Å². The van der Waals surface area contributed by atoms with Crippen molar-refractivity contribution >= 4 is 17.6 Å². The van der Waals surface area contributed by atoms with Crippen LogP contribution < -0.4 is 14.8 Å². The topological polar surface area (TPSA) is 113 Å². The van der Waals surface area contributed by atoms with Crippen LogP contribution >= 0.6 is 0 Å². The molecule has 3 aromatic rings. The van der Waals surface area contributed by atoms with Crippen molar-refractivity contribution in [3.8, 4) is 22.9 Å². The number of anilines is 1. The lowest BCUT2D eigenvalue weighted by Crippen LogP contribution is -2.08. The maximum Gasteiger partial charge on any atom is 0.338 e. The summed E-state index contributed by atoms with van der Waals surface area (Å²) in [6.07, 6.45) is 0. The van der Waals surface area contributed by atoms with Gasteiger partial charge in [0.15, 0.2) is 18.1 Å². The fraction of sp³-hybridized carbons (Fsp3) is 0.200. The third-order valence-corrected chi connectivity index (χ3v) is 3.88. The molecule has 1 amide bonds. The van der Waals surface area contributed by atoms with Crippen LogP contribution in [0, 0.1) is 0 Å². The van der Waals surface area contributed by atoms with Gasteiger partial charge in [0, 0.05) is 18.2 Å². The number of rotatable bonds is 7. The summed E-state index contributed by atoms with van der Waals surface area (Å²) in [4.78, 5) is 27.4. The zero-order chi connectivity index (χ0) is 20.8. The highest BCUT2D eigenvalue weighted by Crippen LogP contribution is 2.31. The van der Waals surface area contributed by atoms with Crippen molar-refractivity contribution in [3.63, 3.8) is 0 Å². The van der Waals surface area contributed by atoms with Crippen molar-refractivity contribution in [3.05, 3.63) is 53.9 Å². The molecule has 29 heavy (non-hydrogen) atoms. The Bertz CT molecular complexity index is 1010. The second kappa shape index (κ2) is 8.87. The fourth-order valence-corrected chi connectivity index (χ4v) is 2.51. The van der Waals surface area contributed by atoms with Crippen LogP contribution in [0.25, 0.3) is 11.4 Å². The lowest BCUT2D eigenvalue weighted by molar-refractivity contribution is -0.114. The van der Waals surface area contributed by atoms with Gasteiger partial charge in [-0.05, 0) is 42.5 Å². The molecule has 3 rings (SSSR count). The predicted molar refractivity (Wildman–Crippen MR) is 103 cm³/mol. The van der Waals surface area contributed by atoms with Gasteiger partial charge in [0.25, 0.3) is 5.89 Å². The van der Waals surface area contributed by atoms with Crippen molar-refractivity contribution in [1.82, 2.24) is 10.1 Å². The number of hydrogen-bond acceptors (Lipinski definition) is 8. The monoisotopic (exact) mass is 397 g/mol. The van der Waals surface area contributed by atoms with E-state index in [1.54, 1.807) is 49.6 Å². The first-order chi connectivity index (χ1) is 14.0. The Morgan fingerprint density at radius 2 is 1.76 bits per heavy atom. The van der Waals surface area contributed by atoms with Crippen molar-refractivity contribution in [2.75, 3.05) is 19.5 Å². The van der Waals surface area contributed by atoms with Gasteiger partial charge in [-0.25, -0.2) is 4.79 Å². The van der Waals surface area contributed by atoms with Gasteiger partial charge >= 0.3 is 5.97 Å². The van der Waals surface area contributed by atoms with Gasteiger partial charge in [-0.15, -0.1) is 0 Å². The van der Waals surface area contributed by atoms with Crippen LogP contribution in [0.5, 0.6) is 11.5 Å². The molecular formula is C20H19N3O6. The van der Waals surface area contributed by atoms with Crippen molar-refractivity contribution in [1.29, 1.82) is 0 Å². The molecule has 1 N–H and O–H groups in total. The highest BCUT2D eigenvalue weighted by molar-refractivity contribution is 5.92. The van der Waals surface area contributed by atoms with E-state index in [-0.39, 0.29) is 18.4 Å². The largest absolute Gasteiger partial charge is 0.493 e. The number of aromatic nitrogens is 2. The van der Waals surface area contributed by atoms with E-state index in [0.717, 1.165) is 0 Å². The van der Waals surface area contributed by atoms with Crippen LogP contribution in [0.15, 0.2) is 47.0 Å². The Morgan fingerprint density at radius 3 is 2.41 bits per heavy atom. The third kappa shape index (κ3) is 4.89. The smallest absolute Gasteiger partial charge is 0.338 e.